The maximum Gasteiger partial charge on any atom is 0.0247 e. The number of unbranched alkanes of at least 4 members (excludes halogenated alkanes) is 1. The van der Waals surface area contributed by atoms with Gasteiger partial charge in [-0.1, -0.05) is 32.8 Å². The Morgan fingerprint density at radius 3 is 2.60 bits per heavy atom. The van der Waals surface area contributed by atoms with Gasteiger partial charge in [0.2, 0.25) is 0 Å². The fourth-order valence-electron chi connectivity index (χ4n) is 0.951. The van der Waals surface area contributed by atoms with Crippen molar-refractivity contribution in [3.63, 3.8) is 0 Å². The van der Waals surface area contributed by atoms with Crippen LogP contribution in [0.3, 0.4) is 0 Å². The average Bonchev–Trinajstić information content (AvgIpc) is 1.98. The highest BCUT2D eigenvalue weighted by Crippen LogP contribution is 2.10. The molecular weight excluding hydrogens is 122 g/mol. The molecule has 0 heterocycles. The second-order valence-corrected chi connectivity index (χ2v) is 2.93. The molecule has 0 saturated heterocycles. The summed E-state index contributed by atoms with van der Waals surface area (Å²) in [6.07, 6.45) is 5.60. The summed E-state index contributed by atoms with van der Waals surface area (Å²) < 4.78 is 0. The Labute approximate surface area is 64.3 Å². The van der Waals surface area contributed by atoms with E-state index in [0.717, 1.165) is 0 Å². The molecule has 0 bridgehead atoms. The second-order valence-electron chi connectivity index (χ2n) is 2.93. The molecule has 0 radical (unpaired) electrons. The van der Waals surface area contributed by atoms with E-state index in [9.17, 15) is 0 Å². The molecule has 1 nitrogen and oxygen atoms in total. The molecule has 2 unspecified atom stereocenters. The van der Waals surface area contributed by atoms with Crippen molar-refractivity contribution in [3.8, 4) is 0 Å². The van der Waals surface area contributed by atoms with Crippen LogP contribution in [0, 0.1) is 5.92 Å². The van der Waals surface area contributed by atoms with E-state index in [-0.39, 0.29) is 6.04 Å². The number of hydrogen-bond donors (Lipinski definition) is 1. The van der Waals surface area contributed by atoms with Crippen molar-refractivity contribution in [2.24, 2.45) is 11.7 Å². The van der Waals surface area contributed by atoms with Gasteiger partial charge in [-0.25, -0.2) is 0 Å². The minimum absolute atomic E-state index is 0.187. The minimum Gasteiger partial charge on any atom is -0.324 e. The zero-order chi connectivity index (χ0) is 7.98. The molecule has 0 rings (SSSR count). The summed E-state index contributed by atoms with van der Waals surface area (Å²) >= 11 is 0. The molecule has 0 aromatic carbocycles. The average molecular weight is 141 g/mol. The molecule has 0 aliphatic rings. The number of hydrogen-bond acceptors (Lipinski definition) is 1. The number of nitrogens with two attached hydrogens (primary N) is 1. The highest BCUT2D eigenvalue weighted by Gasteiger charge is 2.06. The molecule has 2 atom stereocenters. The van der Waals surface area contributed by atoms with Gasteiger partial charge in [-0.05, 0) is 12.3 Å². The summed E-state index contributed by atoms with van der Waals surface area (Å²) in [5.41, 5.74) is 5.74. The molecule has 0 aliphatic heterocycles. The van der Waals surface area contributed by atoms with Crippen LogP contribution in [0.25, 0.3) is 0 Å². The summed E-state index contributed by atoms with van der Waals surface area (Å²) in [6, 6.07) is 0.187. The molecular formula is C9H19N. The van der Waals surface area contributed by atoms with Crippen molar-refractivity contribution in [1.82, 2.24) is 0 Å². The molecule has 60 valence electrons. The number of rotatable bonds is 5. The van der Waals surface area contributed by atoms with E-state index in [0.29, 0.717) is 5.92 Å². The Morgan fingerprint density at radius 1 is 1.60 bits per heavy atom. The quantitative estimate of drug-likeness (QED) is 0.584. The molecule has 0 spiro atoms. The van der Waals surface area contributed by atoms with Crippen LogP contribution in [0.5, 0.6) is 0 Å². The summed E-state index contributed by atoms with van der Waals surface area (Å²) in [4.78, 5) is 0. The van der Waals surface area contributed by atoms with E-state index in [1.807, 2.05) is 6.08 Å². The minimum atomic E-state index is 0.187. The Balaban J connectivity index is 3.40. The van der Waals surface area contributed by atoms with Crippen molar-refractivity contribution in [1.29, 1.82) is 0 Å². The van der Waals surface area contributed by atoms with E-state index in [1.54, 1.807) is 0 Å². The van der Waals surface area contributed by atoms with Crippen LogP contribution >= 0.6 is 0 Å². The van der Waals surface area contributed by atoms with Gasteiger partial charge in [0, 0.05) is 6.04 Å². The normalized spacial score (nSPS) is 16.3. The first-order valence-electron chi connectivity index (χ1n) is 4.10. The van der Waals surface area contributed by atoms with Crippen molar-refractivity contribution in [3.05, 3.63) is 12.7 Å². The second kappa shape index (κ2) is 5.48. The molecule has 1 heteroatoms. The zero-order valence-corrected chi connectivity index (χ0v) is 7.14. The van der Waals surface area contributed by atoms with Crippen LogP contribution in [0.2, 0.25) is 0 Å². The molecule has 0 fully saturated rings. The van der Waals surface area contributed by atoms with Crippen LogP contribution in [-0.2, 0) is 0 Å². The first-order valence-corrected chi connectivity index (χ1v) is 4.10. The zero-order valence-electron chi connectivity index (χ0n) is 7.14. The highest BCUT2D eigenvalue weighted by molar-refractivity contribution is 4.85. The van der Waals surface area contributed by atoms with Gasteiger partial charge in [0.15, 0.2) is 0 Å². The lowest BCUT2D eigenvalue weighted by Crippen LogP contribution is -2.25. The summed E-state index contributed by atoms with van der Waals surface area (Å²) in [5, 5.41) is 0. The first-order chi connectivity index (χ1) is 4.72. The molecule has 0 aromatic rings. The first kappa shape index (κ1) is 9.70. The van der Waals surface area contributed by atoms with Crippen LogP contribution in [0.4, 0.5) is 0 Å². The lowest BCUT2D eigenvalue weighted by molar-refractivity contribution is 0.461. The Morgan fingerprint density at radius 2 is 2.20 bits per heavy atom. The summed E-state index contributed by atoms with van der Waals surface area (Å²) in [6.45, 7) is 8.05. The van der Waals surface area contributed by atoms with Crippen molar-refractivity contribution >= 4 is 0 Å². The van der Waals surface area contributed by atoms with E-state index < -0.39 is 0 Å². The van der Waals surface area contributed by atoms with Gasteiger partial charge in [0.1, 0.15) is 0 Å². The summed E-state index contributed by atoms with van der Waals surface area (Å²) in [7, 11) is 0. The third kappa shape index (κ3) is 3.67. The van der Waals surface area contributed by atoms with E-state index in [4.69, 9.17) is 5.73 Å². The molecule has 0 aromatic heterocycles. The van der Waals surface area contributed by atoms with Crippen LogP contribution in [0.1, 0.15) is 33.1 Å². The van der Waals surface area contributed by atoms with Crippen molar-refractivity contribution in [2.75, 3.05) is 0 Å². The van der Waals surface area contributed by atoms with Crippen molar-refractivity contribution < 1.29 is 0 Å². The fourth-order valence-corrected chi connectivity index (χ4v) is 0.951. The fraction of sp³-hybridized carbons (Fsp3) is 0.778. The van der Waals surface area contributed by atoms with Gasteiger partial charge >= 0.3 is 0 Å². The van der Waals surface area contributed by atoms with Crippen LogP contribution in [0.15, 0.2) is 12.7 Å². The third-order valence-electron chi connectivity index (χ3n) is 1.94. The van der Waals surface area contributed by atoms with Gasteiger partial charge in [-0.3, -0.25) is 0 Å². The van der Waals surface area contributed by atoms with E-state index in [1.165, 1.54) is 19.3 Å². The van der Waals surface area contributed by atoms with Gasteiger partial charge in [0.05, 0.1) is 0 Å². The lowest BCUT2D eigenvalue weighted by Gasteiger charge is -2.14. The Hall–Kier alpha value is -0.300. The topological polar surface area (TPSA) is 26.0 Å². The maximum absolute atomic E-state index is 5.74. The Kier molecular flexibility index (Phi) is 5.32. The molecule has 2 N–H and O–H groups in total. The largest absolute Gasteiger partial charge is 0.324 e. The predicted octanol–water partition coefficient (Wildman–Crippen LogP) is 2.33. The summed E-state index contributed by atoms with van der Waals surface area (Å²) in [5.74, 6) is 0.595. The smallest absolute Gasteiger partial charge is 0.0247 e. The molecule has 0 amide bonds. The molecule has 10 heavy (non-hydrogen) atoms. The van der Waals surface area contributed by atoms with Gasteiger partial charge in [-0.2, -0.15) is 0 Å². The molecule has 0 saturated carbocycles. The van der Waals surface area contributed by atoms with E-state index >= 15 is 0 Å². The SMILES string of the molecule is C=CC(N)C(C)CCCC. The predicted molar refractivity (Wildman–Crippen MR) is 46.9 cm³/mol. The Bertz CT molecular complexity index is 88.7. The van der Waals surface area contributed by atoms with Gasteiger partial charge in [-0.15, -0.1) is 6.58 Å². The molecule has 0 aliphatic carbocycles. The van der Waals surface area contributed by atoms with Crippen LogP contribution in [-0.4, -0.2) is 6.04 Å². The third-order valence-corrected chi connectivity index (χ3v) is 1.94. The van der Waals surface area contributed by atoms with Gasteiger partial charge in [0.25, 0.3) is 0 Å². The lowest BCUT2D eigenvalue weighted by atomic mass is 9.97. The van der Waals surface area contributed by atoms with Gasteiger partial charge < -0.3 is 5.73 Å². The van der Waals surface area contributed by atoms with Crippen molar-refractivity contribution in [2.45, 2.75) is 39.2 Å². The maximum atomic E-state index is 5.74. The monoisotopic (exact) mass is 141 g/mol. The van der Waals surface area contributed by atoms with Crippen LogP contribution < -0.4 is 5.73 Å². The highest BCUT2D eigenvalue weighted by atomic mass is 14.6. The standard InChI is InChI=1S/C9H19N/c1-4-6-7-8(3)9(10)5-2/h5,8-9H,2,4,6-7,10H2,1,3H3. The van der Waals surface area contributed by atoms with E-state index in [2.05, 4.69) is 20.4 Å².